The van der Waals surface area contributed by atoms with Crippen molar-refractivity contribution < 1.29 is 48.5 Å². The second-order valence-corrected chi connectivity index (χ2v) is 8.58. The molecule has 4 atom stereocenters. The van der Waals surface area contributed by atoms with Crippen LogP contribution in [0.4, 0.5) is 0 Å². The SMILES string of the molecule is CCO[C@@](CC)(C(=O)O)C(CC)(OC1CCCCC1)C(O)C(O)COP(=O)(O)O. The van der Waals surface area contributed by atoms with Crippen molar-refractivity contribution in [2.45, 2.75) is 95.2 Å². The lowest BCUT2D eigenvalue weighted by atomic mass is 9.72. The zero-order valence-corrected chi connectivity index (χ0v) is 18.2. The van der Waals surface area contributed by atoms with Crippen molar-refractivity contribution >= 4 is 13.8 Å². The van der Waals surface area contributed by atoms with E-state index in [1.54, 1.807) is 20.8 Å². The van der Waals surface area contributed by atoms with Gasteiger partial charge in [0.05, 0.1) is 12.7 Å². The number of phosphoric ester groups is 1. The molecule has 0 bridgehead atoms. The molecular formula is C18H35O10P. The van der Waals surface area contributed by atoms with Gasteiger partial charge in [0, 0.05) is 6.61 Å². The number of phosphoric acid groups is 1. The van der Waals surface area contributed by atoms with Crippen molar-refractivity contribution in [2.75, 3.05) is 13.2 Å². The third kappa shape index (κ3) is 6.21. The Morgan fingerprint density at radius 3 is 2.10 bits per heavy atom. The van der Waals surface area contributed by atoms with Gasteiger partial charge in [0.25, 0.3) is 0 Å². The zero-order chi connectivity index (χ0) is 22.3. The van der Waals surface area contributed by atoms with Gasteiger partial charge in [-0.25, -0.2) is 9.36 Å². The molecule has 0 radical (unpaired) electrons. The molecule has 0 spiro atoms. The van der Waals surface area contributed by atoms with Gasteiger partial charge < -0.3 is 34.6 Å². The van der Waals surface area contributed by atoms with E-state index in [4.69, 9.17) is 19.3 Å². The molecule has 0 aromatic rings. The first-order valence-electron chi connectivity index (χ1n) is 10.1. The van der Waals surface area contributed by atoms with Crippen LogP contribution >= 0.6 is 7.82 Å². The van der Waals surface area contributed by atoms with Crippen molar-refractivity contribution in [3.63, 3.8) is 0 Å². The van der Waals surface area contributed by atoms with Crippen LogP contribution in [0.1, 0.15) is 65.7 Å². The lowest BCUT2D eigenvalue weighted by Crippen LogP contribution is -2.70. The monoisotopic (exact) mass is 442 g/mol. The summed E-state index contributed by atoms with van der Waals surface area (Å²) in [7, 11) is -4.89. The average molecular weight is 442 g/mol. The second kappa shape index (κ2) is 11.2. The molecule has 0 amide bonds. The minimum Gasteiger partial charge on any atom is -0.479 e. The summed E-state index contributed by atoms with van der Waals surface area (Å²) in [5, 5.41) is 31.6. The van der Waals surface area contributed by atoms with Gasteiger partial charge in [-0.15, -0.1) is 0 Å². The summed E-state index contributed by atoms with van der Waals surface area (Å²) in [4.78, 5) is 30.2. The van der Waals surface area contributed by atoms with Crippen molar-refractivity contribution in [3.05, 3.63) is 0 Å². The smallest absolute Gasteiger partial charge is 0.469 e. The van der Waals surface area contributed by atoms with Crippen LogP contribution in [0.3, 0.4) is 0 Å². The molecule has 3 unspecified atom stereocenters. The molecule has 29 heavy (non-hydrogen) atoms. The maximum absolute atomic E-state index is 12.4. The average Bonchev–Trinajstić information content (AvgIpc) is 2.68. The molecule has 1 rings (SSSR count). The standard InChI is InChI=1S/C18H35O10P/c1-4-17(28-13-10-8-7-9-11-13,18(5-2,16(21)22)26-6-3)15(20)14(19)12-27-29(23,24)25/h13-15,19-20H,4-12H2,1-3H3,(H,21,22)(H2,23,24,25)/t14?,15?,17?,18-/m0/s1. The molecule has 0 aliphatic heterocycles. The molecule has 1 saturated carbocycles. The number of ether oxygens (including phenoxy) is 2. The first-order valence-corrected chi connectivity index (χ1v) is 11.6. The van der Waals surface area contributed by atoms with Gasteiger partial charge in [0.15, 0.2) is 5.60 Å². The predicted molar refractivity (Wildman–Crippen MR) is 103 cm³/mol. The molecule has 0 aromatic heterocycles. The number of hydrogen-bond donors (Lipinski definition) is 5. The molecule has 1 aliphatic rings. The Labute approximate surface area is 171 Å². The molecule has 0 heterocycles. The van der Waals surface area contributed by atoms with Crippen molar-refractivity contribution in [1.82, 2.24) is 0 Å². The van der Waals surface area contributed by atoms with Crippen LogP contribution in [0.25, 0.3) is 0 Å². The largest absolute Gasteiger partial charge is 0.479 e. The Morgan fingerprint density at radius 2 is 1.69 bits per heavy atom. The molecule has 11 heteroatoms. The Morgan fingerprint density at radius 1 is 1.10 bits per heavy atom. The van der Waals surface area contributed by atoms with Crippen LogP contribution in [0.2, 0.25) is 0 Å². The minimum absolute atomic E-state index is 0.0161. The van der Waals surface area contributed by atoms with Gasteiger partial charge in [-0.3, -0.25) is 4.52 Å². The first-order chi connectivity index (χ1) is 13.5. The Balaban J connectivity index is 3.39. The zero-order valence-electron chi connectivity index (χ0n) is 17.3. The van der Waals surface area contributed by atoms with Gasteiger partial charge in [-0.2, -0.15) is 0 Å². The van der Waals surface area contributed by atoms with Crippen LogP contribution in [0, 0.1) is 0 Å². The van der Waals surface area contributed by atoms with E-state index in [1.807, 2.05) is 0 Å². The van der Waals surface area contributed by atoms with Gasteiger partial charge >= 0.3 is 13.8 Å². The lowest BCUT2D eigenvalue weighted by molar-refractivity contribution is -0.281. The maximum atomic E-state index is 12.4. The number of carboxylic acids is 1. The van der Waals surface area contributed by atoms with Gasteiger partial charge in [0.2, 0.25) is 0 Å². The fraction of sp³-hybridized carbons (Fsp3) is 0.944. The van der Waals surface area contributed by atoms with Crippen LogP contribution in [-0.2, 0) is 23.4 Å². The molecule has 1 fully saturated rings. The second-order valence-electron chi connectivity index (χ2n) is 7.34. The third-order valence-corrected chi connectivity index (χ3v) is 6.11. The van der Waals surface area contributed by atoms with E-state index >= 15 is 0 Å². The summed E-state index contributed by atoms with van der Waals surface area (Å²) in [5.41, 5.74) is -3.83. The third-order valence-electron chi connectivity index (χ3n) is 5.63. The summed E-state index contributed by atoms with van der Waals surface area (Å²) >= 11 is 0. The quantitative estimate of drug-likeness (QED) is 0.265. The fourth-order valence-corrected chi connectivity index (χ4v) is 4.55. The highest BCUT2D eigenvalue weighted by Crippen LogP contribution is 2.44. The van der Waals surface area contributed by atoms with E-state index in [-0.39, 0.29) is 25.6 Å². The van der Waals surface area contributed by atoms with Crippen molar-refractivity contribution in [3.8, 4) is 0 Å². The fourth-order valence-electron chi connectivity index (χ4n) is 4.20. The number of carboxylic acid groups (broad SMARTS) is 1. The Hall–Kier alpha value is -0.580. The summed E-state index contributed by atoms with van der Waals surface area (Å²) < 4.78 is 27.2. The van der Waals surface area contributed by atoms with E-state index in [2.05, 4.69) is 4.52 Å². The predicted octanol–water partition coefficient (Wildman–Crippen LogP) is 1.59. The van der Waals surface area contributed by atoms with E-state index < -0.39 is 43.8 Å². The highest BCUT2D eigenvalue weighted by molar-refractivity contribution is 7.46. The number of aliphatic hydroxyl groups excluding tert-OH is 2. The van der Waals surface area contributed by atoms with Gasteiger partial charge in [-0.1, -0.05) is 33.1 Å². The highest BCUT2D eigenvalue weighted by atomic mass is 31.2. The van der Waals surface area contributed by atoms with Gasteiger partial charge in [0.1, 0.15) is 17.8 Å². The normalized spacial score (nSPS) is 22.4. The number of carbonyl (C=O) groups is 1. The summed E-state index contributed by atoms with van der Waals surface area (Å²) in [6.07, 6.45) is 0.126. The minimum atomic E-state index is -4.89. The number of hydrogen-bond acceptors (Lipinski definition) is 7. The Bertz CT molecular complexity index is 561. The summed E-state index contributed by atoms with van der Waals surface area (Å²) in [6, 6.07) is 0. The summed E-state index contributed by atoms with van der Waals surface area (Å²) in [5.74, 6) is -1.35. The molecule has 5 N–H and O–H groups in total. The lowest BCUT2D eigenvalue weighted by Gasteiger charge is -2.51. The highest BCUT2D eigenvalue weighted by Gasteiger charge is 2.63. The number of aliphatic carboxylic acids is 1. The molecule has 10 nitrogen and oxygen atoms in total. The molecule has 0 saturated heterocycles. The van der Waals surface area contributed by atoms with Crippen LogP contribution in [-0.4, -0.2) is 73.8 Å². The Kier molecular flexibility index (Phi) is 10.2. The summed E-state index contributed by atoms with van der Waals surface area (Å²) in [6.45, 7) is 3.96. The maximum Gasteiger partial charge on any atom is 0.469 e. The van der Waals surface area contributed by atoms with Crippen molar-refractivity contribution in [2.24, 2.45) is 0 Å². The topological polar surface area (TPSA) is 163 Å². The molecule has 172 valence electrons. The van der Waals surface area contributed by atoms with E-state index in [1.165, 1.54) is 0 Å². The number of aliphatic hydroxyl groups is 2. The first kappa shape index (κ1) is 26.5. The van der Waals surface area contributed by atoms with E-state index in [0.717, 1.165) is 19.3 Å². The van der Waals surface area contributed by atoms with Crippen LogP contribution in [0.15, 0.2) is 0 Å². The van der Waals surface area contributed by atoms with Crippen LogP contribution in [0.5, 0.6) is 0 Å². The molecule has 0 aromatic carbocycles. The van der Waals surface area contributed by atoms with E-state index in [0.29, 0.717) is 12.8 Å². The molecular weight excluding hydrogens is 407 g/mol. The molecule has 1 aliphatic carbocycles. The van der Waals surface area contributed by atoms with Gasteiger partial charge in [-0.05, 0) is 32.6 Å². The van der Waals surface area contributed by atoms with Crippen molar-refractivity contribution in [1.29, 1.82) is 0 Å². The van der Waals surface area contributed by atoms with Crippen LogP contribution < -0.4 is 0 Å². The van der Waals surface area contributed by atoms with E-state index in [9.17, 15) is 24.7 Å². The number of rotatable bonds is 13.